The lowest BCUT2D eigenvalue weighted by Gasteiger charge is -2.20. The van der Waals surface area contributed by atoms with Gasteiger partial charge in [0, 0.05) is 10.1 Å². The Bertz CT molecular complexity index is 1260. The number of aromatic nitrogens is 1. The van der Waals surface area contributed by atoms with E-state index in [2.05, 4.69) is 10.6 Å². The summed E-state index contributed by atoms with van der Waals surface area (Å²) < 4.78 is 30.1. The second-order valence-corrected chi connectivity index (χ2v) is 11.1. The Hall–Kier alpha value is -3.40. The van der Waals surface area contributed by atoms with Crippen molar-refractivity contribution in [1.82, 2.24) is 5.32 Å². The van der Waals surface area contributed by atoms with Gasteiger partial charge in [0.15, 0.2) is 9.84 Å². The molecule has 1 atom stereocenters. The Kier molecular flexibility index (Phi) is 7.02. The predicted octanol–water partition coefficient (Wildman–Crippen LogP) is 2.70. The van der Waals surface area contributed by atoms with Crippen molar-refractivity contribution in [1.29, 1.82) is 0 Å². The third-order valence-corrected chi connectivity index (χ3v) is 6.56. The second kappa shape index (κ2) is 9.46. The van der Waals surface area contributed by atoms with Crippen LogP contribution >= 0.6 is 0 Å². The van der Waals surface area contributed by atoms with Crippen molar-refractivity contribution in [3.63, 3.8) is 0 Å². The minimum absolute atomic E-state index is 0.0151. The molecule has 1 aromatic carbocycles. The van der Waals surface area contributed by atoms with E-state index in [0.717, 1.165) is 22.1 Å². The van der Waals surface area contributed by atoms with Crippen molar-refractivity contribution < 1.29 is 32.3 Å². The summed E-state index contributed by atoms with van der Waals surface area (Å²) in [5.41, 5.74) is 3.14. The van der Waals surface area contributed by atoms with Crippen molar-refractivity contribution >= 4 is 27.5 Å². The molecule has 0 spiro atoms. The van der Waals surface area contributed by atoms with Gasteiger partial charge in [0.05, 0.1) is 17.4 Å². The molecule has 10 heteroatoms. The normalized spacial score (nSPS) is 16.7. The molecule has 2 aromatic rings. The lowest BCUT2D eigenvalue weighted by atomic mass is 10.0. The van der Waals surface area contributed by atoms with Crippen LogP contribution in [0.2, 0.25) is 0 Å². The van der Waals surface area contributed by atoms with E-state index in [0.29, 0.717) is 5.56 Å². The molecule has 1 aromatic heterocycles. The summed E-state index contributed by atoms with van der Waals surface area (Å²) in [7, 11) is -1.97. The van der Waals surface area contributed by atoms with E-state index in [9.17, 15) is 18.0 Å². The molecule has 1 aliphatic rings. The zero-order chi connectivity index (χ0) is 25.3. The minimum Gasteiger partial charge on any atom is -0.444 e. The molecule has 34 heavy (non-hydrogen) atoms. The number of carbonyl (C=O) groups is 2. The molecule has 0 bridgehead atoms. The maximum absolute atomic E-state index is 13.2. The van der Waals surface area contributed by atoms with Crippen molar-refractivity contribution in [2.45, 2.75) is 46.3 Å². The zero-order valence-electron chi connectivity index (χ0n) is 20.1. The maximum atomic E-state index is 13.2. The first-order chi connectivity index (χ1) is 15.8. The van der Waals surface area contributed by atoms with Crippen molar-refractivity contribution in [2.24, 2.45) is 0 Å². The van der Waals surface area contributed by atoms with Crippen LogP contribution in [0.4, 0.5) is 10.5 Å². The Morgan fingerprint density at radius 1 is 1.09 bits per heavy atom. The summed E-state index contributed by atoms with van der Waals surface area (Å²) in [5, 5.41) is 6.38. The lowest BCUT2D eigenvalue weighted by Crippen LogP contribution is -2.51. The summed E-state index contributed by atoms with van der Waals surface area (Å²) in [4.78, 5) is 31.2. The van der Waals surface area contributed by atoms with Crippen molar-refractivity contribution in [2.75, 3.05) is 18.2 Å². The number of nitrogens with zero attached hydrogens (tertiary/aromatic N) is 1. The number of carbonyl (C=O) groups excluding carboxylic acids is 2. The number of ether oxygens (including phenoxy) is 1. The number of amides is 2. The highest BCUT2D eigenvalue weighted by atomic mass is 32.2. The van der Waals surface area contributed by atoms with Gasteiger partial charge in [-0.3, -0.25) is 14.9 Å². The van der Waals surface area contributed by atoms with E-state index in [1.807, 2.05) is 32.0 Å². The topological polar surface area (TPSA) is 115 Å². The highest BCUT2D eigenvalue weighted by Gasteiger charge is 2.33. The predicted molar refractivity (Wildman–Crippen MR) is 128 cm³/mol. The summed E-state index contributed by atoms with van der Waals surface area (Å²) >= 11 is 0. The summed E-state index contributed by atoms with van der Waals surface area (Å²) in [5.74, 6) is -0.854. The number of hydrogen-bond acceptors (Lipinski definition) is 6. The van der Waals surface area contributed by atoms with Crippen molar-refractivity contribution in [3.05, 3.63) is 58.8 Å². The van der Waals surface area contributed by atoms with Gasteiger partial charge in [0.2, 0.25) is 6.20 Å². The van der Waals surface area contributed by atoms with E-state index >= 15 is 0 Å². The van der Waals surface area contributed by atoms with Crippen LogP contribution in [-0.4, -0.2) is 44.9 Å². The van der Waals surface area contributed by atoms with Gasteiger partial charge in [-0.1, -0.05) is 18.2 Å². The molecule has 0 aliphatic carbocycles. The van der Waals surface area contributed by atoms with Gasteiger partial charge in [0.1, 0.15) is 18.4 Å². The van der Waals surface area contributed by atoms with Gasteiger partial charge in [-0.05, 0) is 63.5 Å². The highest BCUT2D eigenvalue weighted by molar-refractivity contribution is 7.94. The van der Waals surface area contributed by atoms with Gasteiger partial charge in [-0.15, -0.1) is 0 Å². The highest BCUT2D eigenvalue weighted by Crippen LogP contribution is 2.26. The molecule has 1 unspecified atom stereocenters. The third kappa shape index (κ3) is 6.13. The van der Waals surface area contributed by atoms with Crippen LogP contribution in [0.5, 0.6) is 0 Å². The quantitative estimate of drug-likeness (QED) is 0.626. The van der Waals surface area contributed by atoms with Crippen LogP contribution in [0.25, 0.3) is 11.1 Å². The fourth-order valence-electron chi connectivity index (χ4n) is 3.43. The fourth-order valence-corrected chi connectivity index (χ4v) is 4.66. The molecule has 0 saturated heterocycles. The number of hydrogen-bond donors (Lipinski definition) is 2. The minimum atomic E-state index is -3.36. The van der Waals surface area contributed by atoms with Crippen LogP contribution in [0.3, 0.4) is 0 Å². The Morgan fingerprint density at radius 3 is 2.35 bits per heavy atom. The van der Waals surface area contributed by atoms with E-state index < -0.39 is 33.5 Å². The lowest BCUT2D eigenvalue weighted by molar-refractivity contribution is -0.885. The molecule has 2 N–H and O–H groups in total. The summed E-state index contributed by atoms with van der Waals surface area (Å²) in [6.45, 7) is 9.19. The number of sulfone groups is 1. The molecule has 2 heterocycles. The first kappa shape index (κ1) is 25.2. The molecule has 1 aliphatic heterocycles. The number of nitrogens with one attached hydrogen (secondary N) is 2. The fraction of sp³-hybridized carbons (Fsp3) is 0.375. The van der Waals surface area contributed by atoms with Gasteiger partial charge >= 0.3 is 17.7 Å². The molecule has 9 nitrogen and oxygen atoms in total. The van der Waals surface area contributed by atoms with E-state index in [1.165, 1.54) is 17.9 Å². The largest absolute Gasteiger partial charge is 0.444 e. The second-order valence-electron chi connectivity index (χ2n) is 9.16. The number of anilines is 1. The molecular weight excluding hydrogens is 458 g/mol. The molecule has 0 radical (unpaired) electrons. The maximum Gasteiger partial charge on any atom is 0.412 e. The van der Waals surface area contributed by atoms with Crippen molar-refractivity contribution in [3.8, 4) is 11.1 Å². The van der Waals surface area contributed by atoms with Gasteiger partial charge < -0.3 is 10.1 Å². The number of rotatable bonds is 5. The van der Waals surface area contributed by atoms with Gasteiger partial charge in [0.25, 0.3) is 0 Å². The van der Waals surface area contributed by atoms with E-state index in [1.54, 1.807) is 33.0 Å². The van der Waals surface area contributed by atoms with Gasteiger partial charge in [-0.25, -0.2) is 13.2 Å². The Balaban J connectivity index is 2.06. The Morgan fingerprint density at radius 2 is 1.79 bits per heavy atom. The van der Waals surface area contributed by atoms with Crippen LogP contribution in [0.1, 0.15) is 42.4 Å². The monoisotopic (exact) mass is 488 g/mol. The summed E-state index contributed by atoms with van der Waals surface area (Å²) in [6, 6.07) is 6.87. The molecule has 182 valence electrons. The van der Waals surface area contributed by atoms with Gasteiger partial charge in [-0.2, -0.15) is 0 Å². The van der Waals surface area contributed by atoms with E-state index in [-0.39, 0.29) is 17.1 Å². The van der Waals surface area contributed by atoms with Crippen LogP contribution in [0.15, 0.2) is 41.9 Å². The average Bonchev–Trinajstić information content (AvgIpc) is 3.05. The number of aryl methyl sites for hydroxylation is 2. The number of pyridine rings is 1. The van der Waals surface area contributed by atoms with E-state index in [4.69, 9.17) is 9.57 Å². The first-order valence-corrected chi connectivity index (χ1v) is 12.4. The smallest absolute Gasteiger partial charge is 0.412 e. The first-order valence-electron chi connectivity index (χ1n) is 10.7. The summed E-state index contributed by atoms with van der Waals surface area (Å²) in [6.07, 6.45) is 2.29. The molecule has 0 saturated carbocycles. The zero-order valence-corrected chi connectivity index (χ0v) is 20.9. The number of benzene rings is 1. The molecule has 0 fully saturated rings. The SMILES string of the molecule is CO[n+]1cc(-c2ccc(C)c(C)c2)cc(NC(=O)OC(C)(C)C)c1C(=O)NC1C=CS(=O)(=O)C1. The van der Waals surface area contributed by atoms with Crippen LogP contribution in [0, 0.1) is 13.8 Å². The Labute approximate surface area is 199 Å². The molecule has 3 rings (SSSR count). The van der Waals surface area contributed by atoms with Crippen LogP contribution < -0.4 is 20.2 Å². The van der Waals surface area contributed by atoms with Crippen LogP contribution in [-0.2, 0) is 14.6 Å². The molecular formula is C24H30N3O6S+. The standard InChI is InChI=1S/C24H29N3O6S/c1-15-7-8-17(11-16(15)2)18-12-20(26-23(29)33-24(3,4)5)21(27(13-18)32-6)22(28)25-19-9-10-34(30,31)14-19/h7-13,19H,14H2,1-6H3,(H-,25,26,28,29)/p+1. The molecule has 2 amide bonds. The third-order valence-electron chi connectivity index (χ3n) is 5.17. The average molecular weight is 489 g/mol.